The summed E-state index contributed by atoms with van der Waals surface area (Å²) in [5, 5.41) is 10.5. The Labute approximate surface area is 537 Å². The molecule has 0 saturated heterocycles. The highest BCUT2D eigenvalue weighted by Crippen LogP contribution is 2.45. The Bertz CT molecular complexity index is 1710. The number of hydrogen-bond acceptors (Lipinski definition) is 15. The second kappa shape index (κ2) is 62.5. The summed E-state index contributed by atoms with van der Waals surface area (Å²) >= 11 is 0. The molecule has 0 aromatic heterocycles. The van der Waals surface area contributed by atoms with Crippen LogP contribution in [0.3, 0.4) is 0 Å². The Morgan fingerprint density at radius 1 is 0.318 bits per heavy atom. The van der Waals surface area contributed by atoms with Gasteiger partial charge in [0, 0.05) is 25.7 Å². The number of carbonyl (C=O) groups is 4. The first-order chi connectivity index (χ1) is 42.6. The van der Waals surface area contributed by atoms with E-state index in [0.29, 0.717) is 25.7 Å². The minimum atomic E-state index is -4.95. The van der Waals surface area contributed by atoms with Crippen molar-refractivity contribution in [3.63, 3.8) is 0 Å². The minimum Gasteiger partial charge on any atom is -0.462 e. The minimum absolute atomic E-state index is 0.104. The van der Waals surface area contributed by atoms with E-state index in [4.69, 9.17) is 37.0 Å². The third-order valence-electron chi connectivity index (χ3n) is 16.4. The van der Waals surface area contributed by atoms with Crippen LogP contribution in [0.1, 0.15) is 356 Å². The lowest BCUT2D eigenvalue weighted by atomic mass is 9.99. The van der Waals surface area contributed by atoms with Crippen LogP contribution in [0, 0.1) is 5.92 Å². The quantitative estimate of drug-likeness (QED) is 0.0222. The van der Waals surface area contributed by atoms with Crippen molar-refractivity contribution in [3.8, 4) is 0 Å². The molecule has 0 aromatic rings. The molecule has 0 aromatic carbocycles. The fourth-order valence-corrected chi connectivity index (χ4v) is 12.0. The summed E-state index contributed by atoms with van der Waals surface area (Å²) in [5.74, 6) is -1.26. The first-order valence-electron chi connectivity index (χ1n) is 36.2. The fraction of sp³-hybridized carbons (Fsp3) is 0.942. The third-order valence-corrected chi connectivity index (χ3v) is 18.3. The average Bonchev–Trinajstić information content (AvgIpc) is 3.54. The Morgan fingerprint density at radius 2 is 0.545 bits per heavy atom. The van der Waals surface area contributed by atoms with Crippen LogP contribution in [0.15, 0.2) is 0 Å². The van der Waals surface area contributed by atoms with E-state index in [9.17, 15) is 43.2 Å². The van der Waals surface area contributed by atoms with Gasteiger partial charge in [0.25, 0.3) is 0 Å². The van der Waals surface area contributed by atoms with Crippen molar-refractivity contribution in [1.82, 2.24) is 0 Å². The maximum atomic E-state index is 13.0. The van der Waals surface area contributed by atoms with Gasteiger partial charge in [0.15, 0.2) is 12.2 Å². The van der Waals surface area contributed by atoms with Gasteiger partial charge in [0.05, 0.1) is 26.4 Å². The van der Waals surface area contributed by atoms with Crippen LogP contribution in [0.4, 0.5) is 0 Å². The monoisotopic (exact) mass is 1300 g/mol. The molecule has 522 valence electrons. The highest BCUT2D eigenvalue weighted by Gasteiger charge is 2.30. The van der Waals surface area contributed by atoms with Crippen LogP contribution in [0.2, 0.25) is 0 Å². The van der Waals surface area contributed by atoms with Crippen molar-refractivity contribution in [2.45, 2.75) is 374 Å². The molecule has 0 saturated carbocycles. The molecule has 19 heteroatoms. The van der Waals surface area contributed by atoms with Crippen molar-refractivity contribution in [2.24, 2.45) is 5.92 Å². The standard InChI is InChI=1S/C69H134O17P2/c1-6-10-13-16-19-20-21-31-34-39-43-48-53-67(72)80-59-65(86-69(74)55-50-45-40-35-32-29-27-25-23-22-24-26-28-30-33-38-41-46-51-62(5)9-4)61-84-88(77,78)82-57-63(70)56-81-87(75,76)83-60-64(85-68(73)54-49-44-37-18-15-12-8-3)58-79-66(71)52-47-42-36-17-14-11-7-2/h62-65,70H,6-61H2,1-5H3,(H,75,76)(H,77,78)/t62?,63-,64+,65+/m0/s1. The van der Waals surface area contributed by atoms with Gasteiger partial charge in [-0.2, -0.15) is 0 Å². The average molecular weight is 1300 g/mol. The van der Waals surface area contributed by atoms with E-state index < -0.39 is 97.5 Å². The van der Waals surface area contributed by atoms with E-state index in [1.807, 2.05) is 0 Å². The van der Waals surface area contributed by atoms with E-state index in [-0.39, 0.29) is 25.7 Å². The number of phosphoric acid groups is 2. The molecule has 0 aliphatic heterocycles. The lowest BCUT2D eigenvalue weighted by molar-refractivity contribution is -0.161. The predicted octanol–water partition coefficient (Wildman–Crippen LogP) is 19.7. The molecule has 6 atom stereocenters. The number of ether oxygens (including phenoxy) is 4. The largest absolute Gasteiger partial charge is 0.472 e. The lowest BCUT2D eigenvalue weighted by Crippen LogP contribution is -2.30. The molecule has 0 aliphatic rings. The topological polar surface area (TPSA) is 237 Å². The van der Waals surface area contributed by atoms with Crippen molar-refractivity contribution >= 4 is 39.5 Å². The molecule has 0 radical (unpaired) electrons. The number of phosphoric ester groups is 2. The molecule has 0 spiro atoms. The Morgan fingerprint density at radius 3 is 0.807 bits per heavy atom. The summed E-state index contributed by atoms with van der Waals surface area (Å²) in [6.45, 7) is 7.21. The highest BCUT2D eigenvalue weighted by atomic mass is 31.2. The van der Waals surface area contributed by atoms with Gasteiger partial charge in [0.1, 0.15) is 19.3 Å². The summed E-state index contributed by atoms with van der Waals surface area (Å²) in [7, 11) is -9.88. The second-order valence-corrected chi connectivity index (χ2v) is 28.1. The van der Waals surface area contributed by atoms with Crippen LogP contribution >= 0.6 is 15.6 Å². The Balaban J connectivity index is 5.08. The Hall–Kier alpha value is -1.94. The zero-order chi connectivity index (χ0) is 64.9. The summed E-state index contributed by atoms with van der Waals surface area (Å²) in [6, 6.07) is 0. The summed E-state index contributed by atoms with van der Waals surface area (Å²) in [4.78, 5) is 72.1. The predicted molar refractivity (Wildman–Crippen MR) is 354 cm³/mol. The van der Waals surface area contributed by atoms with Gasteiger partial charge in [-0.15, -0.1) is 0 Å². The van der Waals surface area contributed by atoms with E-state index >= 15 is 0 Å². The van der Waals surface area contributed by atoms with Gasteiger partial charge < -0.3 is 33.8 Å². The van der Waals surface area contributed by atoms with Gasteiger partial charge >= 0.3 is 39.5 Å². The number of carbonyl (C=O) groups excluding carboxylic acids is 4. The molecule has 0 fully saturated rings. The van der Waals surface area contributed by atoms with Crippen LogP contribution in [-0.2, 0) is 65.4 Å². The number of esters is 4. The molecular formula is C69H134O17P2. The third kappa shape index (κ3) is 61.6. The van der Waals surface area contributed by atoms with Crippen molar-refractivity contribution in [2.75, 3.05) is 39.6 Å². The number of hydrogen-bond donors (Lipinski definition) is 3. The lowest BCUT2D eigenvalue weighted by Gasteiger charge is -2.21. The smallest absolute Gasteiger partial charge is 0.462 e. The maximum Gasteiger partial charge on any atom is 0.472 e. The summed E-state index contributed by atoms with van der Waals surface area (Å²) in [5.41, 5.74) is 0. The van der Waals surface area contributed by atoms with E-state index in [1.165, 1.54) is 154 Å². The molecule has 0 heterocycles. The van der Waals surface area contributed by atoms with Crippen molar-refractivity contribution in [3.05, 3.63) is 0 Å². The summed E-state index contributed by atoms with van der Waals surface area (Å²) in [6.07, 6.45) is 48.9. The molecule has 88 heavy (non-hydrogen) atoms. The number of aliphatic hydroxyl groups excluding tert-OH is 1. The molecule has 0 bridgehead atoms. The number of unbranched alkanes of at least 4 members (excludes halogenated alkanes) is 40. The molecule has 0 aliphatic carbocycles. The molecule has 17 nitrogen and oxygen atoms in total. The van der Waals surface area contributed by atoms with Gasteiger partial charge in [-0.25, -0.2) is 9.13 Å². The van der Waals surface area contributed by atoms with Crippen molar-refractivity contribution < 1.29 is 80.2 Å². The van der Waals surface area contributed by atoms with E-state index in [1.54, 1.807) is 0 Å². The number of rotatable bonds is 69. The van der Waals surface area contributed by atoms with Crippen LogP contribution in [0.5, 0.6) is 0 Å². The van der Waals surface area contributed by atoms with Crippen LogP contribution < -0.4 is 0 Å². The Kier molecular flexibility index (Phi) is 61.1. The second-order valence-electron chi connectivity index (χ2n) is 25.2. The van der Waals surface area contributed by atoms with E-state index in [2.05, 4.69) is 34.6 Å². The molecule has 0 rings (SSSR count). The van der Waals surface area contributed by atoms with Crippen molar-refractivity contribution in [1.29, 1.82) is 0 Å². The fourth-order valence-electron chi connectivity index (χ4n) is 10.4. The maximum absolute atomic E-state index is 13.0. The molecular weight excluding hydrogens is 1160 g/mol. The van der Waals surface area contributed by atoms with Gasteiger partial charge in [-0.3, -0.25) is 37.3 Å². The van der Waals surface area contributed by atoms with Gasteiger partial charge in [-0.1, -0.05) is 304 Å². The number of aliphatic hydroxyl groups is 1. The SMILES string of the molecule is CCCCCCCCCCCCCCC(=O)OC[C@H](COP(=O)(O)OC[C@@H](O)COP(=O)(O)OC[C@@H](COC(=O)CCCCCCCCC)OC(=O)CCCCCCCCC)OC(=O)CCCCCCCCCCCCCCCCCCCCC(C)CC. The zero-order valence-electron chi connectivity index (χ0n) is 56.9. The summed E-state index contributed by atoms with van der Waals surface area (Å²) < 4.78 is 68.0. The molecule has 3 unspecified atom stereocenters. The zero-order valence-corrected chi connectivity index (χ0v) is 58.6. The highest BCUT2D eigenvalue weighted by molar-refractivity contribution is 7.47. The van der Waals surface area contributed by atoms with E-state index in [0.717, 1.165) is 121 Å². The van der Waals surface area contributed by atoms with Gasteiger partial charge in [0.2, 0.25) is 0 Å². The van der Waals surface area contributed by atoms with Crippen LogP contribution in [-0.4, -0.2) is 96.7 Å². The van der Waals surface area contributed by atoms with Gasteiger partial charge in [-0.05, 0) is 31.6 Å². The molecule has 3 N–H and O–H groups in total. The molecule has 0 amide bonds. The first-order valence-corrected chi connectivity index (χ1v) is 39.2. The first kappa shape index (κ1) is 86.1. The van der Waals surface area contributed by atoms with Crippen LogP contribution in [0.25, 0.3) is 0 Å². The normalized spacial score (nSPS) is 14.4.